The summed E-state index contributed by atoms with van der Waals surface area (Å²) in [7, 11) is 0. The normalized spacial score (nSPS) is 24.9. The zero-order chi connectivity index (χ0) is 13.2. The standard InChI is InChI=1S/C15H19NO3/c1-2-13-10(7-8-18-13)12(17)9-15-16-11-5-3-4-6-14(11)19-15/h3-6,10,12-13,17H,2,7-9H2,1H3. The summed E-state index contributed by atoms with van der Waals surface area (Å²) in [5.41, 5.74) is 1.62. The molecule has 0 amide bonds. The maximum atomic E-state index is 10.3. The van der Waals surface area contributed by atoms with E-state index in [1.54, 1.807) is 0 Å². The Morgan fingerprint density at radius 3 is 3.05 bits per heavy atom. The molecule has 1 aromatic heterocycles. The third kappa shape index (κ3) is 2.51. The fraction of sp³-hybridized carbons (Fsp3) is 0.533. The van der Waals surface area contributed by atoms with Crippen LogP contribution in [0.15, 0.2) is 28.7 Å². The number of aliphatic hydroxyl groups is 1. The van der Waals surface area contributed by atoms with E-state index in [0.29, 0.717) is 12.3 Å². The van der Waals surface area contributed by atoms with Gasteiger partial charge in [0, 0.05) is 12.5 Å². The first-order chi connectivity index (χ1) is 9.28. The third-order valence-corrected chi connectivity index (χ3v) is 3.88. The zero-order valence-corrected chi connectivity index (χ0v) is 11.1. The first-order valence-corrected chi connectivity index (χ1v) is 6.92. The number of oxazole rings is 1. The van der Waals surface area contributed by atoms with E-state index in [4.69, 9.17) is 9.15 Å². The second kappa shape index (κ2) is 5.31. The molecule has 2 heterocycles. The summed E-state index contributed by atoms with van der Waals surface area (Å²) in [6.45, 7) is 2.84. The average molecular weight is 261 g/mol. The molecule has 1 aliphatic heterocycles. The lowest BCUT2D eigenvalue weighted by molar-refractivity contribution is 0.0294. The third-order valence-electron chi connectivity index (χ3n) is 3.88. The van der Waals surface area contributed by atoms with Gasteiger partial charge >= 0.3 is 0 Å². The van der Waals surface area contributed by atoms with Crippen molar-refractivity contribution in [1.82, 2.24) is 4.98 Å². The van der Waals surface area contributed by atoms with Crippen molar-refractivity contribution in [2.24, 2.45) is 5.92 Å². The molecule has 4 heteroatoms. The molecule has 3 rings (SSSR count). The maximum Gasteiger partial charge on any atom is 0.198 e. The van der Waals surface area contributed by atoms with Gasteiger partial charge in [-0.3, -0.25) is 0 Å². The maximum absolute atomic E-state index is 10.3. The van der Waals surface area contributed by atoms with E-state index in [2.05, 4.69) is 11.9 Å². The van der Waals surface area contributed by atoms with Gasteiger partial charge in [0.1, 0.15) is 5.52 Å². The van der Waals surface area contributed by atoms with E-state index in [1.807, 2.05) is 24.3 Å². The van der Waals surface area contributed by atoms with Gasteiger partial charge in [0.05, 0.1) is 18.6 Å². The van der Waals surface area contributed by atoms with Crippen molar-refractivity contribution in [3.63, 3.8) is 0 Å². The van der Waals surface area contributed by atoms with Gasteiger partial charge < -0.3 is 14.3 Å². The van der Waals surface area contributed by atoms with Crippen molar-refractivity contribution in [1.29, 1.82) is 0 Å². The Bertz CT molecular complexity index is 518. The van der Waals surface area contributed by atoms with E-state index >= 15 is 0 Å². The Balaban J connectivity index is 1.73. The minimum atomic E-state index is -0.444. The van der Waals surface area contributed by atoms with Crippen LogP contribution in [0.25, 0.3) is 11.1 Å². The molecule has 3 unspecified atom stereocenters. The van der Waals surface area contributed by atoms with Crippen LogP contribution in [0.1, 0.15) is 25.7 Å². The van der Waals surface area contributed by atoms with Crippen LogP contribution in [0.3, 0.4) is 0 Å². The predicted molar refractivity (Wildman–Crippen MR) is 71.9 cm³/mol. The number of para-hydroxylation sites is 2. The highest BCUT2D eigenvalue weighted by Crippen LogP contribution is 2.28. The van der Waals surface area contributed by atoms with Gasteiger partial charge in [-0.2, -0.15) is 0 Å². The first kappa shape index (κ1) is 12.6. The van der Waals surface area contributed by atoms with Gasteiger partial charge in [0.25, 0.3) is 0 Å². The van der Waals surface area contributed by atoms with Crippen molar-refractivity contribution in [2.45, 2.75) is 38.4 Å². The Kier molecular flexibility index (Phi) is 3.53. The van der Waals surface area contributed by atoms with Crippen molar-refractivity contribution >= 4 is 11.1 Å². The summed E-state index contributed by atoms with van der Waals surface area (Å²) in [6.07, 6.45) is 2.04. The largest absolute Gasteiger partial charge is 0.441 e. The Morgan fingerprint density at radius 1 is 1.42 bits per heavy atom. The molecule has 0 bridgehead atoms. The lowest BCUT2D eigenvalue weighted by atomic mass is 9.91. The molecule has 1 aromatic carbocycles. The summed E-state index contributed by atoms with van der Waals surface area (Å²) in [5.74, 6) is 0.801. The van der Waals surface area contributed by atoms with Crippen molar-refractivity contribution in [3.05, 3.63) is 30.2 Å². The summed E-state index contributed by atoms with van der Waals surface area (Å²) in [5, 5.41) is 10.3. The second-order valence-electron chi connectivity index (χ2n) is 5.12. The van der Waals surface area contributed by atoms with E-state index in [1.165, 1.54) is 0 Å². The minimum Gasteiger partial charge on any atom is -0.441 e. The van der Waals surface area contributed by atoms with Crippen LogP contribution in [0.4, 0.5) is 0 Å². The molecule has 0 spiro atoms. The molecule has 4 nitrogen and oxygen atoms in total. The Labute approximate surface area is 112 Å². The Morgan fingerprint density at radius 2 is 2.26 bits per heavy atom. The highest BCUT2D eigenvalue weighted by molar-refractivity contribution is 5.72. The number of hydrogen-bond donors (Lipinski definition) is 1. The number of ether oxygens (including phenoxy) is 1. The second-order valence-corrected chi connectivity index (χ2v) is 5.12. The monoisotopic (exact) mass is 261 g/mol. The molecule has 2 aromatic rings. The van der Waals surface area contributed by atoms with E-state index < -0.39 is 6.10 Å². The number of rotatable bonds is 4. The molecule has 19 heavy (non-hydrogen) atoms. The molecule has 1 saturated heterocycles. The SMILES string of the molecule is CCC1OCCC1C(O)Cc1nc2ccccc2o1. The average Bonchev–Trinajstić information content (AvgIpc) is 3.03. The molecular formula is C15H19NO3. The number of fused-ring (bicyclic) bond motifs is 1. The smallest absolute Gasteiger partial charge is 0.198 e. The van der Waals surface area contributed by atoms with Gasteiger partial charge in [-0.25, -0.2) is 4.98 Å². The lowest BCUT2D eigenvalue weighted by Gasteiger charge is -2.21. The molecular weight excluding hydrogens is 242 g/mol. The van der Waals surface area contributed by atoms with Gasteiger partial charge in [-0.05, 0) is 25.0 Å². The predicted octanol–water partition coefficient (Wildman–Crippen LogP) is 2.55. The quantitative estimate of drug-likeness (QED) is 0.919. The van der Waals surface area contributed by atoms with Crippen LogP contribution in [-0.4, -0.2) is 28.9 Å². The van der Waals surface area contributed by atoms with Crippen molar-refractivity contribution in [3.8, 4) is 0 Å². The number of benzene rings is 1. The van der Waals surface area contributed by atoms with Gasteiger partial charge in [0.15, 0.2) is 11.5 Å². The number of hydrogen-bond acceptors (Lipinski definition) is 4. The van der Waals surface area contributed by atoms with Crippen molar-refractivity contribution in [2.75, 3.05) is 6.61 Å². The summed E-state index contributed by atoms with van der Waals surface area (Å²) in [6, 6.07) is 7.67. The minimum absolute atomic E-state index is 0.166. The highest BCUT2D eigenvalue weighted by Gasteiger charge is 2.33. The van der Waals surface area contributed by atoms with Crippen molar-refractivity contribution < 1.29 is 14.3 Å². The molecule has 1 aliphatic rings. The van der Waals surface area contributed by atoms with Gasteiger partial charge in [-0.1, -0.05) is 19.1 Å². The molecule has 1 fully saturated rings. The molecule has 1 N–H and O–H groups in total. The van der Waals surface area contributed by atoms with Gasteiger partial charge in [0.2, 0.25) is 0 Å². The number of aromatic nitrogens is 1. The molecule has 0 radical (unpaired) electrons. The van der Waals surface area contributed by atoms with Crippen LogP contribution >= 0.6 is 0 Å². The number of aliphatic hydroxyl groups excluding tert-OH is 1. The van der Waals surface area contributed by atoms with E-state index in [0.717, 1.165) is 30.5 Å². The fourth-order valence-electron chi connectivity index (χ4n) is 2.86. The molecule has 0 aliphatic carbocycles. The van der Waals surface area contributed by atoms with Crippen LogP contribution in [0, 0.1) is 5.92 Å². The van der Waals surface area contributed by atoms with Crippen LogP contribution < -0.4 is 0 Å². The van der Waals surface area contributed by atoms with Gasteiger partial charge in [-0.15, -0.1) is 0 Å². The lowest BCUT2D eigenvalue weighted by Crippen LogP contribution is -2.29. The zero-order valence-electron chi connectivity index (χ0n) is 11.1. The summed E-state index contributed by atoms with van der Waals surface area (Å²) < 4.78 is 11.3. The highest BCUT2D eigenvalue weighted by atomic mass is 16.5. The van der Waals surface area contributed by atoms with E-state index in [-0.39, 0.29) is 12.0 Å². The first-order valence-electron chi connectivity index (χ1n) is 6.92. The number of nitrogens with zero attached hydrogens (tertiary/aromatic N) is 1. The van der Waals surface area contributed by atoms with Crippen LogP contribution in [-0.2, 0) is 11.2 Å². The van der Waals surface area contributed by atoms with Crippen LogP contribution in [0.5, 0.6) is 0 Å². The summed E-state index contributed by atoms with van der Waals surface area (Å²) >= 11 is 0. The Hall–Kier alpha value is -1.39. The molecule has 102 valence electrons. The molecule has 0 saturated carbocycles. The fourth-order valence-corrected chi connectivity index (χ4v) is 2.86. The molecule has 3 atom stereocenters. The van der Waals surface area contributed by atoms with E-state index in [9.17, 15) is 5.11 Å². The van der Waals surface area contributed by atoms with Crippen LogP contribution in [0.2, 0.25) is 0 Å². The summed E-state index contributed by atoms with van der Waals surface area (Å²) in [4.78, 5) is 4.41. The topological polar surface area (TPSA) is 55.5 Å².